The monoisotopic (exact) mass is 406 g/mol. The molecule has 0 aliphatic heterocycles. The van der Waals surface area contributed by atoms with Crippen LogP contribution in [0.2, 0.25) is 10.0 Å². The Morgan fingerprint density at radius 2 is 1.89 bits per heavy atom. The Hall–Kier alpha value is -0.780. The molecule has 0 bridgehead atoms. The number of esters is 1. The molecule has 0 atom stereocenters. The van der Waals surface area contributed by atoms with Crippen LogP contribution in [0, 0.1) is 10.5 Å². The van der Waals surface area contributed by atoms with Gasteiger partial charge < -0.3 is 4.74 Å². The molecule has 2 aromatic rings. The Morgan fingerprint density at radius 1 is 1.16 bits per heavy atom. The van der Waals surface area contributed by atoms with Crippen LogP contribution in [-0.2, 0) is 0 Å². The van der Waals surface area contributed by atoms with Gasteiger partial charge >= 0.3 is 5.97 Å². The molecule has 0 amide bonds. The molecule has 0 aliphatic rings. The Labute approximate surface area is 134 Å². The standard InChI is InChI=1S/C14H9Cl2IO2/c1-8-2-3-9(6-12(8)17)14(18)19-13-5-4-10(15)7-11(13)16/h2-7H,1H3. The van der Waals surface area contributed by atoms with Crippen LogP contribution in [0.1, 0.15) is 15.9 Å². The van der Waals surface area contributed by atoms with Gasteiger partial charge in [0.25, 0.3) is 0 Å². The van der Waals surface area contributed by atoms with Gasteiger partial charge in [0.05, 0.1) is 10.6 Å². The largest absolute Gasteiger partial charge is 0.421 e. The second kappa shape index (κ2) is 6.11. The van der Waals surface area contributed by atoms with E-state index in [0.717, 1.165) is 9.13 Å². The molecule has 0 unspecified atom stereocenters. The van der Waals surface area contributed by atoms with Crippen molar-refractivity contribution in [1.29, 1.82) is 0 Å². The van der Waals surface area contributed by atoms with Crippen molar-refractivity contribution < 1.29 is 9.53 Å². The average Bonchev–Trinajstić information content (AvgIpc) is 2.36. The number of hydrogen-bond acceptors (Lipinski definition) is 2. The maximum Gasteiger partial charge on any atom is 0.343 e. The van der Waals surface area contributed by atoms with Crippen LogP contribution in [0.15, 0.2) is 36.4 Å². The Bertz CT molecular complexity index is 641. The first-order chi connectivity index (χ1) is 8.97. The van der Waals surface area contributed by atoms with Crippen molar-refractivity contribution in [2.75, 3.05) is 0 Å². The first-order valence-corrected chi connectivity index (χ1v) is 7.24. The normalized spacial score (nSPS) is 10.3. The van der Waals surface area contributed by atoms with E-state index in [9.17, 15) is 4.79 Å². The van der Waals surface area contributed by atoms with E-state index in [1.807, 2.05) is 13.0 Å². The fourth-order valence-corrected chi connectivity index (χ4v) is 2.40. The summed E-state index contributed by atoms with van der Waals surface area (Å²) < 4.78 is 6.26. The third kappa shape index (κ3) is 3.61. The molecule has 19 heavy (non-hydrogen) atoms. The van der Waals surface area contributed by atoms with Crippen LogP contribution in [-0.4, -0.2) is 5.97 Å². The minimum absolute atomic E-state index is 0.298. The Balaban J connectivity index is 2.23. The van der Waals surface area contributed by atoms with Gasteiger partial charge in [0.15, 0.2) is 0 Å². The van der Waals surface area contributed by atoms with Crippen molar-refractivity contribution in [3.8, 4) is 5.75 Å². The lowest BCUT2D eigenvalue weighted by Gasteiger charge is -2.07. The second-order valence-corrected chi connectivity index (χ2v) is 5.93. The highest BCUT2D eigenvalue weighted by atomic mass is 127. The number of carbonyl (C=O) groups is 1. The van der Waals surface area contributed by atoms with E-state index in [2.05, 4.69) is 22.6 Å². The fourth-order valence-electron chi connectivity index (χ4n) is 1.44. The first kappa shape index (κ1) is 14.6. The number of carbonyl (C=O) groups excluding carboxylic acids is 1. The molecule has 2 aromatic carbocycles. The van der Waals surface area contributed by atoms with E-state index in [0.29, 0.717) is 21.4 Å². The van der Waals surface area contributed by atoms with Crippen LogP contribution >= 0.6 is 45.8 Å². The van der Waals surface area contributed by atoms with Crippen LogP contribution in [0.5, 0.6) is 5.75 Å². The summed E-state index contributed by atoms with van der Waals surface area (Å²) in [6.07, 6.45) is 0. The molecule has 0 aliphatic carbocycles. The van der Waals surface area contributed by atoms with Crippen LogP contribution in [0.4, 0.5) is 0 Å². The summed E-state index contributed by atoms with van der Waals surface area (Å²) in [4.78, 5) is 12.0. The molecule has 0 saturated carbocycles. The first-order valence-electron chi connectivity index (χ1n) is 5.41. The molecule has 5 heteroatoms. The molecule has 0 N–H and O–H groups in total. The average molecular weight is 407 g/mol. The zero-order valence-electron chi connectivity index (χ0n) is 9.91. The number of ether oxygens (including phenoxy) is 1. The molecule has 0 fully saturated rings. The number of halogens is 3. The molecule has 0 spiro atoms. The Kier molecular flexibility index (Phi) is 4.71. The third-order valence-electron chi connectivity index (χ3n) is 2.50. The van der Waals surface area contributed by atoms with Crippen molar-refractivity contribution in [1.82, 2.24) is 0 Å². The van der Waals surface area contributed by atoms with Gasteiger partial charge in [0.2, 0.25) is 0 Å². The van der Waals surface area contributed by atoms with Crippen molar-refractivity contribution in [2.45, 2.75) is 6.92 Å². The van der Waals surface area contributed by atoms with Crippen molar-refractivity contribution in [3.63, 3.8) is 0 Å². The van der Waals surface area contributed by atoms with Crippen molar-refractivity contribution in [3.05, 3.63) is 61.1 Å². The van der Waals surface area contributed by atoms with Crippen LogP contribution in [0.3, 0.4) is 0 Å². The van der Waals surface area contributed by atoms with Gasteiger partial charge in [-0.05, 0) is 65.4 Å². The zero-order valence-corrected chi connectivity index (χ0v) is 13.6. The molecule has 0 aromatic heterocycles. The number of rotatable bonds is 2. The van der Waals surface area contributed by atoms with E-state index < -0.39 is 5.97 Å². The van der Waals surface area contributed by atoms with E-state index in [4.69, 9.17) is 27.9 Å². The predicted octanol–water partition coefficient (Wildman–Crippen LogP) is 5.13. The van der Waals surface area contributed by atoms with Gasteiger partial charge in [-0.25, -0.2) is 4.79 Å². The smallest absolute Gasteiger partial charge is 0.343 e. The SMILES string of the molecule is Cc1ccc(C(=O)Oc2ccc(Cl)cc2Cl)cc1I. The number of hydrogen-bond donors (Lipinski definition) is 0. The van der Waals surface area contributed by atoms with E-state index in [1.54, 1.807) is 24.3 Å². The minimum atomic E-state index is -0.442. The summed E-state index contributed by atoms with van der Waals surface area (Å²) in [6, 6.07) is 10.1. The van der Waals surface area contributed by atoms with Crippen LogP contribution in [0.25, 0.3) is 0 Å². The lowest BCUT2D eigenvalue weighted by Crippen LogP contribution is -2.09. The summed E-state index contributed by atoms with van der Waals surface area (Å²) >= 11 is 13.9. The zero-order chi connectivity index (χ0) is 14.0. The van der Waals surface area contributed by atoms with Crippen LogP contribution < -0.4 is 4.74 Å². The van der Waals surface area contributed by atoms with Gasteiger partial charge in [-0.15, -0.1) is 0 Å². The van der Waals surface area contributed by atoms with Gasteiger partial charge in [-0.2, -0.15) is 0 Å². The molecule has 0 saturated heterocycles. The molecular formula is C14H9Cl2IO2. The maximum absolute atomic E-state index is 12.0. The minimum Gasteiger partial charge on any atom is -0.421 e. The quantitative estimate of drug-likeness (QED) is 0.392. The lowest BCUT2D eigenvalue weighted by atomic mass is 10.1. The lowest BCUT2D eigenvalue weighted by molar-refractivity contribution is 0.0735. The summed E-state index contributed by atoms with van der Waals surface area (Å²) in [5.74, 6) is -0.145. The molecule has 0 radical (unpaired) electrons. The van der Waals surface area contributed by atoms with Gasteiger partial charge in [-0.1, -0.05) is 29.3 Å². The summed E-state index contributed by atoms with van der Waals surface area (Å²) in [5.41, 5.74) is 1.60. The van der Waals surface area contributed by atoms with Gasteiger partial charge in [0, 0.05) is 8.59 Å². The highest BCUT2D eigenvalue weighted by Gasteiger charge is 2.12. The number of benzene rings is 2. The topological polar surface area (TPSA) is 26.3 Å². The van der Waals surface area contributed by atoms with Crippen molar-refractivity contribution >= 4 is 51.8 Å². The summed E-state index contributed by atoms with van der Waals surface area (Å²) in [6.45, 7) is 1.98. The maximum atomic E-state index is 12.0. The highest BCUT2D eigenvalue weighted by molar-refractivity contribution is 14.1. The third-order valence-corrected chi connectivity index (χ3v) is 4.20. The molecule has 98 valence electrons. The van der Waals surface area contributed by atoms with Gasteiger partial charge in [-0.3, -0.25) is 0 Å². The summed E-state index contributed by atoms with van der Waals surface area (Å²) in [5, 5.41) is 0.803. The van der Waals surface area contributed by atoms with Gasteiger partial charge in [0.1, 0.15) is 5.75 Å². The highest BCUT2D eigenvalue weighted by Crippen LogP contribution is 2.28. The van der Waals surface area contributed by atoms with E-state index >= 15 is 0 Å². The van der Waals surface area contributed by atoms with E-state index in [-0.39, 0.29) is 0 Å². The number of aryl methyl sites for hydroxylation is 1. The molecule has 2 nitrogen and oxygen atoms in total. The predicted molar refractivity (Wildman–Crippen MR) is 85.3 cm³/mol. The fraction of sp³-hybridized carbons (Fsp3) is 0.0714. The summed E-state index contributed by atoms with van der Waals surface area (Å²) in [7, 11) is 0. The molecule has 0 heterocycles. The molecule has 2 rings (SSSR count). The van der Waals surface area contributed by atoms with E-state index in [1.165, 1.54) is 6.07 Å². The second-order valence-electron chi connectivity index (χ2n) is 3.93. The Morgan fingerprint density at radius 3 is 2.53 bits per heavy atom. The van der Waals surface area contributed by atoms with Crippen molar-refractivity contribution in [2.24, 2.45) is 0 Å². The molecular weight excluding hydrogens is 398 g/mol.